The highest BCUT2D eigenvalue weighted by Gasteiger charge is 2.38. The van der Waals surface area contributed by atoms with Crippen molar-refractivity contribution < 1.29 is 27.4 Å². The number of nitrogens with zero attached hydrogens (tertiary/aromatic N) is 3. The fraction of sp³-hybridized carbons (Fsp3) is 0.500. The third kappa shape index (κ3) is 4.93. The van der Waals surface area contributed by atoms with E-state index < -0.39 is 17.6 Å². The fourth-order valence-electron chi connectivity index (χ4n) is 4.34. The number of hydrogen-bond donors (Lipinski definition) is 0. The van der Waals surface area contributed by atoms with Gasteiger partial charge in [0.1, 0.15) is 6.61 Å². The summed E-state index contributed by atoms with van der Waals surface area (Å²) < 4.78 is 51.2. The number of pyridine rings is 1. The number of anilines is 1. The molecule has 1 aromatic carbocycles. The number of rotatable bonds is 6. The Morgan fingerprint density at radius 2 is 1.88 bits per heavy atom. The Bertz CT molecular complexity index is 1030. The van der Waals surface area contributed by atoms with Gasteiger partial charge in [-0.1, -0.05) is 6.92 Å². The summed E-state index contributed by atoms with van der Waals surface area (Å²) in [5.41, 5.74) is -0.190. The van der Waals surface area contributed by atoms with E-state index in [1.807, 2.05) is 0 Å². The molecule has 2 aliphatic rings. The number of likely N-dealkylation sites (tertiary alicyclic amines) is 1. The van der Waals surface area contributed by atoms with E-state index in [4.69, 9.17) is 9.47 Å². The number of methoxy groups -OCH3 is 1. The van der Waals surface area contributed by atoms with Crippen LogP contribution in [-0.2, 0) is 12.7 Å². The molecule has 1 fully saturated rings. The van der Waals surface area contributed by atoms with Gasteiger partial charge in [0.05, 0.1) is 30.5 Å². The van der Waals surface area contributed by atoms with Gasteiger partial charge in [-0.3, -0.25) is 14.7 Å². The van der Waals surface area contributed by atoms with Gasteiger partial charge in [-0.2, -0.15) is 13.2 Å². The number of carbonyl (C=O) groups excluding carboxylic acids is 1. The summed E-state index contributed by atoms with van der Waals surface area (Å²) in [5, 5.41) is 0. The van der Waals surface area contributed by atoms with Crippen molar-refractivity contribution in [3.8, 4) is 11.5 Å². The van der Waals surface area contributed by atoms with E-state index in [9.17, 15) is 18.0 Å². The zero-order valence-corrected chi connectivity index (χ0v) is 19.0. The van der Waals surface area contributed by atoms with Gasteiger partial charge in [-0.15, -0.1) is 0 Å². The third-order valence-electron chi connectivity index (χ3n) is 6.38. The lowest BCUT2D eigenvalue weighted by atomic mass is 9.99. The van der Waals surface area contributed by atoms with E-state index in [1.54, 1.807) is 18.2 Å². The van der Waals surface area contributed by atoms with Crippen LogP contribution in [0, 0.1) is 12.8 Å². The van der Waals surface area contributed by atoms with Crippen molar-refractivity contribution in [2.24, 2.45) is 5.92 Å². The van der Waals surface area contributed by atoms with Gasteiger partial charge >= 0.3 is 6.18 Å². The molecule has 1 amide bonds. The molecule has 0 unspecified atom stereocenters. The van der Waals surface area contributed by atoms with Crippen molar-refractivity contribution in [1.82, 2.24) is 9.88 Å². The Kier molecular flexibility index (Phi) is 6.52. The average molecular weight is 464 g/mol. The minimum atomic E-state index is -4.56. The van der Waals surface area contributed by atoms with Crippen LogP contribution in [0.1, 0.15) is 47.1 Å². The Labute approximate surface area is 191 Å². The first-order valence-corrected chi connectivity index (χ1v) is 11.1. The average Bonchev–Trinajstić information content (AvgIpc) is 3.09. The lowest BCUT2D eigenvalue weighted by Gasteiger charge is -2.30. The number of piperidine rings is 1. The van der Waals surface area contributed by atoms with Crippen molar-refractivity contribution in [1.29, 1.82) is 0 Å². The highest BCUT2D eigenvalue weighted by atomic mass is 19.4. The van der Waals surface area contributed by atoms with Crippen LogP contribution in [0.25, 0.3) is 0 Å². The highest BCUT2D eigenvalue weighted by molar-refractivity contribution is 6.09. The summed E-state index contributed by atoms with van der Waals surface area (Å²) >= 11 is 0. The second-order valence-electron chi connectivity index (χ2n) is 8.71. The number of fused-ring (bicyclic) bond motifs is 1. The molecule has 6 nitrogen and oxygen atoms in total. The summed E-state index contributed by atoms with van der Waals surface area (Å²) in [4.78, 5) is 20.8. The maximum Gasteiger partial charge on any atom is 0.418 e. The number of ether oxygens (including phenoxy) is 2. The van der Waals surface area contributed by atoms with Crippen molar-refractivity contribution in [2.75, 3.05) is 38.3 Å². The summed E-state index contributed by atoms with van der Waals surface area (Å²) in [6.07, 6.45) is -2.20. The van der Waals surface area contributed by atoms with Gasteiger partial charge in [0.2, 0.25) is 0 Å². The maximum atomic E-state index is 13.3. The van der Waals surface area contributed by atoms with Gasteiger partial charge in [0, 0.05) is 24.0 Å². The zero-order valence-electron chi connectivity index (χ0n) is 19.0. The molecule has 0 N–H and O–H groups in total. The molecule has 0 bridgehead atoms. The predicted molar refractivity (Wildman–Crippen MR) is 118 cm³/mol. The van der Waals surface area contributed by atoms with E-state index in [2.05, 4.69) is 16.8 Å². The monoisotopic (exact) mass is 463 g/mol. The minimum Gasteiger partial charge on any atom is -0.493 e. The first kappa shape index (κ1) is 23.4. The summed E-state index contributed by atoms with van der Waals surface area (Å²) in [5.74, 6) is 1.26. The summed E-state index contributed by atoms with van der Waals surface area (Å²) in [6, 6.07) is 5.99. The Morgan fingerprint density at radius 1 is 1.15 bits per heavy atom. The summed E-state index contributed by atoms with van der Waals surface area (Å²) in [7, 11) is 1.54. The van der Waals surface area contributed by atoms with E-state index in [0.29, 0.717) is 29.5 Å². The topological polar surface area (TPSA) is 54.9 Å². The van der Waals surface area contributed by atoms with Crippen molar-refractivity contribution >= 4 is 11.6 Å². The number of hydrogen-bond acceptors (Lipinski definition) is 5. The van der Waals surface area contributed by atoms with Crippen molar-refractivity contribution in [3.63, 3.8) is 0 Å². The Balaban J connectivity index is 1.50. The largest absolute Gasteiger partial charge is 0.493 e. The normalized spacial score (nSPS) is 17.4. The second-order valence-corrected chi connectivity index (χ2v) is 8.71. The van der Waals surface area contributed by atoms with Crippen LogP contribution in [0.5, 0.6) is 11.5 Å². The van der Waals surface area contributed by atoms with E-state index >= 15 is 0 Å². The molecule has 3 heterocycles. The van der Waals surface area contributed by atoms with E-state index in [1.165, 1.54) is 31.8 Å². The zero-order chi connectivity index (χ0) is 23.8. The van der Waals surface area contributed by atoms with E-state index in [0.717, 1.165) is 31.6 Å². The van der Waals surface area contributed by atoms with Gasteiger partial charge in [0.25, 0.3) is 5.91 Å². The fourth-order valence-corrected chi connectivity index (χ4v) is 4.34. The number of carbonyl (C=O) groups is 1. The summed E-state index contributed by atoms with van der Waals surface area (Å²) in [6.45, 7) is 7.03. The first-order chi connectivity index (χ1) is 15.7. The molecule has 2 aliphatic heterocycles. The molecule has 0 spiro atoms. The first-order valence-electron chi connectivity index (χ1n) is 11.1. The van der Waals surface area contributed by atoms with E-state index in [-0.39, 0.29) is 17.8 Å². The second kappa shape index (κ2) is 9.21. The molecular weight excluding hydrogens is 435 g/mol. The molecule has 0 saturated carbocycles. The lowest BCUT2D eigenvalue weighted by molar-refractivity contribution is -0.138. The number of aryl methyl sites for hydroxylation is 1. The van der Waals surface area contributed by atoms with Gasteiger partial charge in [0.15, 0.2) is 11.5 Å². The predicted octanol–water partition coefficient (Wildman–Crippen LogP) is 4.69. The maximum absolute atomic E-state index is 13.3. The number of alkyl halides is 3. The van der Waals surface area contributed by atoms with Crippen molar-refractivity contribution in [3.05, 3.63) is 46.8 Å². The SMILES string of the molecule is COc1ccc(N2Cc3nc(C)c(C(F)(F)F)cc3C2=O)cc1OCCN1CCC(C)CC1. The molecular formula is C24H28F3N3O3. The van der Waals surface area contributed by atoms with Crippen molar-refractivity contribution in [2.45, 2.75) is 39.4 Å². The lowest BCUT2D eigenvalue weighted by Crippen LogP contribution is -2.35. The quantitative estimate of drug-likeness (QED) is 0.622. The molecule has 2 aromatic rings. The third-order valence-corrected chi connectivity index (χ3v) is 6.38. The van der Waals surface area contributed by atoms with Crippen LogP contribution in [0.4, 0.5) is 18.9 Å². The number of aromatic nitrogens is 1. The Morgan fingerprint density at radius 3 is 2.55 bits per heavy atom. The van der Waals surface area contributed by atoms with Gasteiger partial charge < -0.3 is 14.4 Å². The standard InChI is InChI=1S/C24H28F3N3O3/c1-15-6-8-29(9-7-15)10-11-33-22-12-17(4-5-21(22)32-3)30-14-20-18(23(30)31)13-19(16(2)28-20)24(25,26)27/h4-5,12-13,15H,6-11,14H2,1-3H3. The van der Waals surface area contributed by atoms with Crippen LogP contribution >= 0.6 is 0 Å². The van der Waals surface area contributed by atoms with Gasteiger partial charge in [-0.25, -0.2) is 0 Å². The van der Waals surface area contributed by atoms with Crippen LogP contribution in [0.15, 0.2) is 24.3 Å². The molecule has 0 radical (unpaired) electrons. The minimum absolute atomic E-state index is 0.0226. The van der Waals surface area contributed by atoms with Gasteiger partial charge in [-0.05, 0) is 57.0 Å². The van der Waals surface area contributed by atoms with Crippen LogP contribution < -0.4 is 14.4 Å². The molecule has 0 atom stereocenters. The molecule has 9 heteroatoms. The smallest absolute Gasteiger partial charge is 0.418 e. The highest BCUT2D eigenvalue weighted by Crippen LogP contribution is 2.38. The number of amides is 1. The molecule has 1 saturated heterocycles. The Hall–Kier alpha value is -2.81. The molecule has 1 aromatic heterocycles. The molecule has 33 heavy (non-hydrogen) atoms. The molecule has 0 aliphatic carbocycles. The molecule has 178 valence electrons. The van der Waals surface area contributed by atoms with Crippen LogP contribution in [0.3, 0.4) is 0 Å². The molecule has 4 rings (SSSR count). The number of halogens is 3. The van der Waals surface area contributed by atoms with Crippen LogP contribution in [-0.4, -0.2) is 49.1 Å². The van der Waals surface area contributed by atoms with Crippen LogP contribution in [0.2, 0.25) is 0 Å². The number of benzene rings is 1.